The van der Waals surface area contributed by atoms with E-state index in [0.717, 1.165) is 28.6 Å². The summed E-state index contributed by atoms with van der Waals surface area (Å²) in [6.45, 7) is 0.559. The van der Waals surface area contributed by atoms with Crippen LogP contribution in [0.25, 0.3) is 21.8 Å². The number of carbonyl (C=O) groups is 1. The van der Waals surface area contributed by atoms with Gasteiger partial charge in [-0.25, -0.2) is 0 Å². The van der Waals surface area contributed by atoms with Gasteiger partial charge in [-0.1, -0.05) is 48.2 Å². The summed E-state index contributed by atoms with van der Waals surface area (Å²) < 4.78 is 4.04. The average molecular weight is 351 g/mol. The van der Waals surface area contributed by atoms with Crippen LogP contribution < -0.4 is 5.11 Å². The van der Waals surface area contributed by atoms with E-state index in [1.807, 2.05) is 35.9 Å². The minimum Gasteiger partial charge on any atom is -0.549 e. The Bertz CT molecular complexity index is 1030. The van der Waals surface area contributed by atoms with Crippen LogP contribution in [-0.2, 0) is 18.4 Å². The first-order valence-electron chi connectivity index (χ1n) is 7.82. The van der Waals surface area contributed by atoms with Crippen molar-refractivity contribution in [2.75, 3.05) is 5.75 Å². The number of fused-ring (bicyclic) bond motifs is 3. The molecule has 0 N–H and O–H groups in total. The van der Waals surface area contributed by atoms with E-state index in [1.165, 1.54) is 10.8 Å². The number of carbonyl (C=O) groups excluding carboxylic acids is 1. The van der Waals surface area contributed by atoms with Crippen molar-refractivity contribution in [2.24, 2.45) is 7.05 Å². The fourth-order valence-electron chi connectivity index (χ4n) is 3.05. The normalized spacial score (nSPS) is 11.4. The average Bonchev–Trinajstić information content (AvgIpc) is 3.13. The lowest BCUT2D eigenvalue weighted by Crippen LogP contribution is -2.24. The summed E-state index contributed by atoms with van der Waals surface area (Å²) in [6, 6.07) is 16.5. The molecule has 0 amide bonds. The summed E-state index contributed by atoms with van der Waals surface area (Å²) in [5.74, 6) is -0.481. The lowest BCUT2D eigenvalue weighted by Gasteiger charge is -2.08. The monoisotopic (exact) mass is 351 g/mol. The topological polar surface area (TPSA) is 75.8 Å². The van der Waals surface area contributed by atoms with Gasteiger partial charge in [0.2, 0.25) is 0 Å². The van der Waals surface area contributed by atoms with Crippen molar-refractivity contribution in [1.82, 2.24) is 19.3 Å². The zero-order valence-electron chi connectivity index (χ0n) is 13.5. The van der Waals surface area contributed by atoms with Gasteiger partial charge in [-0.05, 0) is 12.1 Å². The van der Waals surface area contributed by atoms with E-state index in [-0.39, 0.29) is 5.75 Å². The first-order valence-corrected chi connectivity index (χ1v) is 8.80. The Hall–Kier alpha value is -2.80. The molecule has 0 saturated carbocycles. The highest BCUT2D eigenvalue weighted by Gasteiger charge is 2.14. The summed E-state index contributed by atoms with van der Waals surface area (Å²) in [5.41, 5.74) is 2.27. The SMILES string of the molecule is Cn1c(Cn2c3ccccc3c3ccccc32)nnc1SCC(=O)[O-]. The molecule has 0 radical (unpaired) electrons. The molecule has 0 bridgehead atoms. The summed E-state index contributed by atoms with van der Waals surface area (Å²) in [7, 11) is 1.85. The van der Waals surface area contributed by atoms with Gasteiger partial charge in [0.15, 0.2) is 11.0 Å². The molecule has 4 rings (SSSR count). The summed E-state index contributed by atoms with van der Waals surface area (Å²) >= 11 is 1.11. The van der Waals surface area contributed by atoms with Gasteiger partial charge in [-0.15, -0.1) is 10.2 Å². The molecule has 0 saturated heterocycles. The lowest BCUT2D eigenvalue weighted by atomic mass is 10.2. The Balaban J connectivity index is 1.77. The van der Waals surface area contributed by atoms with Crippen molar-refractivity contribution in [2.45, 2.75) is 11.7 Å². The minimum absolute atomic E-state index is 0.138. The summed E-state index contributed by atoms with van der Waals surface area (Å²) in [6.07, 6.45) is 0. The molecule has 0 spiro atoms. The van der Waals surface area contributed by atoms with Gasteiger partial charge in [0.1, 0.15) is 0 Å². The highest BCUT2D eigenvalue weighted by Crippen LogP contribution is 2.29. The molecular formula is C18H15N4O2S-. The fraction of sp³-hybridized carbons (Fsp3) is 0.167. The lowest BCUT2D eigenvalue weighted by molar-refractivity contribution is -0.301. The molecule has 0 aliphatic rings. The Morgan fingerprint density at radius 1 is 1.04 bits per heavy atom. The number of thioether (sulfide) groups is 1. The predicted molar refractivity (Wildman–Crippen MR) is 95.3 cm³/mol. The van der Waals surface area contributed by atoms with Crippen molar-refractivity contribution < 1.29 is 9.90 Å². The number of para-hydroxylation sites is 2. The van der Waals surface area contributed by atoms with Crippen LogP contribution in [0.2, 0.25) is 0 Å². The Morgan fingerprint density at radius 3 is 2.24 bits per heavy atom. The summed E-state index contributed by atoms with van der Waals surface area (Å²) in [4.78, 5) is 10.6. The van der Waals surface area contributed by atoms with E-state index in [9.17, 15) is 9.90 Å². The highest BCUT2D eigenvalue weighted by atomic mass is 32.2. The maximum atomic E-state index is 10.6. The van der Waals surface area contributed by atoms with Gasteiger partial charge in [0, 0.05) is 34.6 Å². The minimum atomic E-state index is -1.11. The van der Waals surface area contributed by atoms with Crippen LogP contribution in [0.5, 0.6) is 0 Å². The van der Waals surface area contributed by atoms with Gasteiger partial charge < -0.3 is 19.0 Å². The van der Waals surface area contributed by atoms with Gasteiger partial charge in [-0.2, -0.15) is 0 Å². The molecule has 2 aromatic carbocycles. The quantitative estimate of drug-likeness (QED) is 0.513. The molecule has 7 heteroatoms. The van der Waals surface area contributed by atoms with Crippen molar-refractivity contribution in [3.05, 3.63) is 54.4 Å². The number of rotatable bonds is 5. The van der Waals surface area contributed by atoms with Crippen LogP contribution in [0.3, 0.4) is 0 Å². The molecular weight excluding hydrogens is 336 g/mol. The number of nitrogens with zero attached hydrogens (tertiary/aromatic N) is 4. The zero-order valence-corrected chi connectivity index (χ0v) is 14.4. The van der Waals surface area contributed by atoms with Crippen molar-refractivity contribution in [3.63, 3.8) is 0 Å². The van der Waals surface area contributed by atoms with Crippen LogP contribution in [0.1, 0.15) is 5.82 Å². The number of benzene rings is 2. The van der Waals surface area contributed by atoms with Crippen LogP contribution in [0.4, 0.5) is 0 Å². The molecule has 0 unspecified atom stereocenters. The second kappa shape index (κ2) is 6.25. The number of aliphatic carboxylic acids is 1. The molecule has 25 heavy (non-hydrogen) atoms. The van der Waals surface area contributed by atoms with Gasteiger partial charge in [-0.3, -0.25) is 0 Å². The van der Waals surface area contributed by atoms with E-state index in [0.29, 0.717) is 11.7 Å². The highest BCUT2D eigenvalue weighted by molar-refractivity contribution is 7.99. The first kappa shape index (κ1) is 15.7. The zero-order chi connectivity index (χ0) is 17.4. The third kappa shape index (κ3) is 2.76. The van der Waals surface area contributed by atoms with Gasteiger partial charge >= 0.3 is 0 Å². The van der Waals surface area contributed by atoms with Crippen LogP contribution >= 0.6 is 11.8 Å². The van der Waals surface area contributed by atoms with E-state index in [4.69, 9.17) is 0 Å². The number of aromatic nitrogens is 4. The molecule has 4 aromatic rings. The third-order valence-corrected chi connectivity index (χ3v) is 5.22. The Labute approximate surface area is 148 Å². The summed E-state index contributed by atoms with van der Waals surface area (Å²) in [5, 5.41) is 22.0. The molecule has 0 aliphatic carbocycles. The van der Waals surface area contributed by atoms with Gasteiger partial charge in [0.25, 0.3) is 0 Å². The molecule has 2 heterocycles. The second-order valence-electron chi connectivity index (χ2n) is 5.74. The smallest absolute Gasteiger partial charge is 0.191 e. The third-order valence-electron chi connectivity index (χ3n) is 4.22. The molecule has 0 atom stereocenters. The number of carboxylic acids is 1. The number of carboxylic acid groups (broad SMARTS) is 1. The Morgan fingerprint density at radius 2 is 1.64 bits per heavy atom. The maximum absolute atomic E-state index is 10.6. The first-order chi connectivity index (χ1) is 12.1. The molecule has 2 aromatic heterocycles. The van der Waals surface area contributed by atoms with Crippen molar-refractivity contribution >= 4 is 39.5 Å². The van der Waals surface area contributed by atoms with Crippen molar-refractivity contribution in [1.29, 1.82) is 0 Å². The van der Waals surface area contributed by atoms with E-state index in [2.05, 4.69) is 39.0 Å². The fourth-order valence-corrected chi connectivity index (χ4v) is 3.69. The second-order valence-corrected chi connectivity index (χ2v) is 6.68. The van der Waals surface area contributed by atoms with Crippen molar-refractivity contribution in [3.8, 4) is 0 Å². The Kier molecular flexibility index (Phi) is 3.93. The standard InChI is InChI=1S/C18H16N4O2S/c1-21-16(19-20-18(21)25-11-17(23)24)10-22-14-8-4-2-6-12(14)13-7-3-5-9-15(13)22/h2-9H,10-11H2,1H3,(H,23,24)/p-1. The number of hydrogen-bond acceptors (Lipinski definition) is 5. The van der Waals surface area contributed by atoms with E-state index in [1.54, 1.807) is 0 Å². The van der Waals surface area contributed by atoms with E-state index < -0.39 is 5.97 Å². The van der Waals surface area contributed by atoms with Gasteiger partial charge in [0.05, 0.1) is 12.5 Å². The molecule has 6 nitrogen and oxygen atoms in total. The predicted octanol–water partition coefficient (Wildman–Crippen LogP) is 1.81. The molecule has 126 valence electrons. The largest absolute Gasteiger partial charge is 0.549 e. The maximum Gasteiger partial charge on any atom is 0.191 e. The molecule has 0 fully saturated rings. The molecule has 0 aliphatic heterocycles. The van der Waals surface area contributed by atoms with Crippen LogP contribution in [0, 0.1) is 0 Å². The van der Waals surface area contributed by atoms with Crippen LogP contribution in [-0.4, -0.2) is 31.1 Å². The number of hydrogen-bond donors (Lipinski definition) is 0. The van der Waals surface area contributed by atoms with E-state index >= 15 is 0 Å². The van der Waals surface area contributed by atoms with Crippen LogP contribution in [0.15, 0.2) is 53.7 Å².